The molecule has 0 spiro atoms. The van der Waals surface area contributed by atoms with E-state index in [0.717, 1.165) is 0 Å². The van der Waals surface area contributed by atoms with E-state index in [1.54, 1.807) is 0 Å². The standard InChI is InChI=1S/C5H9N3O2/c1-3-6-4-7-8(4)5(9)10-2/h3H2,1-2H3,(H,6,7). The number of aliphatic imine (C=N–C) groups is 1. The van der Waals surface area contributed by atoms with Gasteiger partial charge in [0.05, 0.1) is 7.11 Å². The smallest absolute Gasteiger partial charge is 0.435 e. The van der Waals surface area contributed by atoms with Gasteiger partial charge in [-0.2, -0.15) is 5.01 Å². The van der Waals surface area contributed by atoms with Crippen molar-refractivity contribution >= 4 is 12.1 Å². The van der Waals surface area contributed by atoms with E-state index in [1.165, 1.54) is 12.1 Å². The lowest BCUT2D eigenvalue weighted by atomic mass is 10.8. The average molecular weight is 143 g/mol. The van der Waals surface area contributed by atoms with Crippen LogP contribution in [0.3, 0.4) is 0 Å². The first-order valence-corrected chi connectivity index (χ1v) is 2.98. The third-order valence-electron chi connectivity index (χ3n) is 1.04. The minimum absolute atomic E-state index is 0.424. The Bertz CT molecular complexity index is 178. The van der Waals surface area contributed by atoms with E-state index in [1.807, 2.05) is 6.92 Å². The summed E-state index contributed by atoms with van der Waals surface area (Å²) in [7, 11) is 1.33. The van der Waals surface area contributed by atoms with Crippen molar-refractivity contribution in [2.24, 2.45) is 4.99 Å². The fourth-order valence-corrected chi connectivity index (χ4v) is 0.554. The van der Waals surface area contributed by atoms with Crippen molar-refractivity contribution in [3.8, 4) is 0 Å². The van der Waals surface area contributed by atoms with Gasteiger partial charge in [0.15, 0.2) is 0 Å². The summed E-state index contributed by atoms with van der Waals surface area (Å²) in [4.78, 5) is 14.5. The molecule has 1 saturated heterocycles. The van der Waals surface area contributed by atoms with Crippen molar-refractivity contribution in [1.29, 1.82) is 0 Å². The van der Waals surface area contributed by atoms with Gasteiger partial charge in [-0.15, -0.1) is 0 Å². The van der Waals surface area contributed by atoms with Crippen molar-refractivity contribution in [2.75, 3.05) is 13.7 Å². The van der Waals surface area contributed by atoms with E-state index < -0.39 is 6.09 Å². The molecule has 0 radical (unpaired) electrons. The fourth-order valence-electron chi connectivity index (χ4n) is 0.554. The number of nitrogens with one attached hydrogen (secondary N) is 1. The van der Waals surface area contributed by atoms with Gasteiger partial charge in [-0.25, -0.2) is 4.79 Å². The van der Waals surface area contributed by atoms with E-state index in [2.05, 4.69) is 15.2 Å². The summed E-state index contributed by atoms with van der Waals surface area (Å²) in [5.74, 6) is 0.578. The molecule has 5 nitrogen and oxygen atoms in total. The molecule has 1 heterocycles. The van der Waals surface area contributed by atoms with E-state index in [9.17, 15) is 4.79 Å². The Hall–Kier alpha value is -1.26. The van der Waals surface area contributed by atoms with Gasteiger partial charge in [0.1, 0.15) is 0 Å². The lowest BCUT2D eigenvalue weighted by molar-refractivity contribution is 0.155. The minimum Gasteiger partial charge on any atom is -0.451 e. The largest absolute Gasteiger partial charge is 0.451 e. The molecule has 1 fully saturated rings. The molecule has 0 aromatic rings. The van der Waals surface area contributed by atoms with Crippen LogP contribution in [0.1, 0.15) is 6.92 Å². The maximum absolute atomic E-state index is 10.6. The minimum atomic E-state index is -0.424. The molecule has 0 saturated carbocycles. The molecule has 1 N–H and O–H groups in total. The second-order valence-electron chi connectivity index (χ2n) is 1.72. The molecule has 0 aliphatic carbocycles. The van der Waals surface area contributed by atoms with E-state index in [0.29, 0.717) is 12.5 Å². The Kier molecular flexibility index (Phi) is 1.75. The Morgan fingerprint density at radius 1 is 1.90 bits per heavy atom. The van der Waals surface area contributed by atoms with Crippen molar-refractivity contribution in [2.45, 2.75) is 6.92 Å². The number of amides is 1. The summed E-state index contributed by atoms with van der Waals surface area (Å²) in [6, 6.07) is 0. The molecule has 5 heteroatoms. The highest BCUT2D eigenvalue weighted by Crippen LogP contribution is 2.02. The Labute approximate surface area is 58.6 Å². The molecule has 0 unspecified atom stereocenters. The molecule has 56 valence electrons. The number of ether oxygens (including phenoxy) is 1. The number of guanidine groups is 1. The molecule has 10 heavy (non-hydrogen) atoms. The maximum atomic E-state index is 10.6. The molecule has 0 aromatic heterocycles. The first-order valence-electron chi connectivity index (χ1n) is 2.98. The Morgan fingerprint density at radius 3 is 3.10 bits per heavy atom. The molecule has 0 bridgehead atoms. The van der Waals surface area contributed by atoms with Gasteiger partial charge in [-0.3, -0.25) is 10.4 Å². The molecule has 0 atom stereocenters. The van der Waals surface area contributed by atoms with Gasteiger partial charge in [-0.05, 0) is 6.92 Å². The molecule has 1 aliphatic rings. The van der Waals surface area contributed by atoms with Crippen LogP contribution in [-0.4, -0.2) is 30.7 Å². The first kappa shape index (κ1) is 6.85. The summed E-state index contributed by atoms with van der Waals surface area (Å²) < 4.78 is 4.39. The normalized spacial score (nSPS) is 18.6. The summed E-state index contributed by atoms with van der Waals surface area (Å²) >= 11 is 0. The highest BCUT2D eigenvalue weighted by Gasteiger charge is 2.34. The van der Waals surface area contributed by atoms with Crippen molar-refractivity contribution in [3.05, 3.63) is 0 Å². The Morgan fingerprint density at radius 2 is 2.60 bits per heavy atom. The van der Waals surface area contributed by atoms with Gasteiger partial charge < -0.3 is 4.74 Å². The van der Waals surface area contributed by atoms with Crippen LogP contribution in [0, 0.1) is 0 Å². The third kappa shape index (κ3) is 1.18. The quantitative estimate of drug-likeness (QED) is 0.523. The van der Waals surface area contributed by atoms with Crippen LogP contribution >= 0.6 is 0 Å². The van der Waals surface area contributed by atoms with Crippen LogP contribution in [0.5, 0.6) is 0 Å². The molecule has 1 aliphatic heterocycles. The molecule has 0 aromatic carbocycles. The van der Waals surface area contributed by atoms with Crippen LogP contribution < -0.4 is 5.43 Å². The van der Waals surface area contributed by atoms with Gasteiger partial charge >= 0.3 is 6.09 Å². The molecule has 1 amide bonds. The third-order valence-corrected chi connectivity index (χ3v) is 1.04. The number of hydrogen-bond acceptors (Lipinski definition) is 3. The maximum Gasteiger partial charge on any atom is 0.435 e. The monoisotopic (exact) mass is 143 g/mol. The van der Waals surface area contributed by atoms with Crippen LogP contribution in [-0.2, 0) is 4.74 Å². The fraction of sp³-hybridized carbons (Fsp3) is 0.600. The topological polar surface area (TPSA) is 63.6 Å². The highest BCUT2D eigenvalue weighted by atomic mass is 16.6. The van der Waals surface area contributed by atoms with Gasteiger partial charge in [0.2, 0.25) is 5.96 Å². The van der Waals surface area contributed by atoms with Crippen molar-refractivity contribution < 1.29 is 9.53 Å². The number of carbonyl (C=O) groups is 1. The van der Waals surface area contributed by atoms with Crippen LogP contribution in [0.4, 0.5) is 4.79 Å². The SMILES string of the molecule is CCN=C1NN1C(=O)OC. The van der Waals surface area contributed by atoms with E-state index in [-0.39, 0.29) is 0 Å². The number of hydrazine groups is 1. The van der Waals surface area contributed by atoms with Crippen molar-refractivity contribution in [3.63, 3.8) is 0 Å². The predicted molar refractivity (Wildman–Crippen MR) is 35.4 cm³/mol. The predicted octanol–water partition coefficient (Wildman–Crippen LogP) is -0.0511. The van der Waals surface area contributed by atoms with Crippen LogP contribution in [0.15, 0.2) is 4.99 Å². The number of rotatable bonds is 1. The number of hydrogen-bond donors (Lipinski definition) is 1. The summed E-state index contributed by atoms with van der Waals surface area (Å²) in [5.41, 5.74) is 2.63. The van der Waals surface area contributed by atoms with Gasteiger partial charge in [0, 0.05) is 6.54 Å². The van der Waals surface area contributed by atoms with Crippen LogP contribution in [0.25, 0.3) is 0 Å². The Balaban J connectivity index is 2.38. The number of nitrogens with zero attached hydrogens (tertiary/aromatic N) is 2. The van der Waals surface area contributed by atoms with E-state index in [4.69, 9.17) is 0 Å². The highest BCUT2D eigenvalue weighted by molar-refractivity contribution is 6.04. The average Bonchev–Trinajstić information content (AvgIpc) is 2.67. The summed E-state index contributed by atoms with van der Waals surface area (Å²) in [6.45, 7) is 2.55. The lowest BCUT2D eigenvalue weighted by Gasteiger charge is -1.91. The van der Waals surface area contributed by atoms with Gasteiger partial charge in [-0.1, -0.05) is 0 Å². The summed E-state index contributed by atoms with van der Waals surface area (Å²) in [6.07, 6.45) is -0.424. The zero-order chi connectivity index (χ0) is 7.56. The van der Waals surface area contributed by atoms with E-state index >= 15 is 0 Å². The zero-order valence-electron chi connectivity index (χ0n) is 5.92. The first-order chi connectivity index (χ1) is 4.79. The second kappa shape index (κ2) is 2.55. The number of methoxy groups -OCH3 is 1. The molecular formula is C5H9N3O2. The molecular weight excluding hydrogens is 134 g/mol. The second-order valence-corrected chi connectivity index (χ2v) is 1.72. The molecule has 1 rings (SSSR count). The number of carbonyl (C=O) groups excluding carboxylic acids is 1. The zero-order valence-corrected chi connectivity index (χ0v) is 5.92. The lowest BCUT2D eigenvalue weighted by Crippen LogP contribution is -2.12. The van der Waals surface area contributed by atoms with Crippen molar-refractivity contribution in [1.82, 2.24) is 10.4 Å². The summed E-state index contributed by atoms with van der Waals surface area (Å²) in [5, 5.41) is 1.24. The van der Waals surface area contributed by atoms with Crippen LogP contribution in [0.2, 0.25) is 0 Å². The van der Waals surface area contributed by atoms with Gasteiger partial charge in [0.25, 0.3) is 0 Å².